The van der Waals surface area contributed by atoms with Gasteiger partial charge in [-0.3, -0.25) is 4.90 Å². The van der Waals surface area contributed by atoms with Gasteiger partial charge < -0.3 is 19.1 Å². The summed E-state index contributed by atoms with van der Waals surface area (Å²) in [4.78, 5) is 16.6. The number of piperidine rings is 1. The summed E-state index contributed by atoms with van der Waals surface area (Å²) in [7, 11) is 0. The molecule has 1 aromatic rings. The predicted octanol–water partition coefficient (Wildman–Crippen LogP) is 4.68. The number of rotatable bonds is 3. The van der Waals surface area contributed by atoms with E-state index in [0.29, 0.717) is 31.0 Å². The van der Waals surface area contributed by atoms with E-state index in [1.165, 1.54) is 11.1 Å². The van der Waals surface area contributed by atoms with E-state index in [1.54, 1.807) is 17.0 Å². The van der Waals surface area contributed by atoms with Crippen LogP contribution in [0.5, 0.6) is 0 Å². The maximum atomic E-state index is 14.2. The van der Waals surface area contributed by atoms with Crippen LogP contribution in [-0.4, -0.2) is 79.1 Å². The minimum atomic E-state index is -0.477. The molecule has 188 valence electrons. The van der Waals surface area contributed by atoms with Gasteiger partial charge in [-0.15, -0.1) is 0 Å². The van der Waals surface area contributed by atoms with E-state index < -0.39 is 5.60 Å². The highest BCUT2D eigenvalue weighted by atomic mass is 19.1. The highest BCUT2D eigenvalue weighted by Crippen LogP contribution is 2.41. The molecule has 0 radical (unpaired) electrons. The maximum absolute atomic E-state index is 14.2. The molecule has 1 aromatic carbocycles. The van der Waals surface area contributed by atoms with Gasteiger partial charge in [0.25, 0.3) is 0 Å². The number of carbonyl (C=O) groups is 1. The van der Waals surface area contributed by atoms with Gasteiger partial charge in [0.05, 0.1) is 19.7 Å². The van der Waals surface area contributed by atoms with Crippen LogP contribution >= 0.6 is 0 Å². The number of likely N-dealkylation sites (tertiary alicyclic amines) is 2. The number of ether oxygens (including phenoxy) is 3. The molecule has 5 rings (SSSR count). The smallest absolute Gasteiger partial charge is 0.410 e. The lowest BCUT2D eigenvalue weighted by Gasteiger charge is -2.47. The fraction of sp³-hybridized carbons (Fsp3) is 0.741. The molecule has 0 unspecified atom stereocenters. The van der Waals surface area contributed by atoms with Crippen molar-refractivity contribution in [2.45, 2.75) is 82.0 Å². The molecule has 4 fully saturated rings. The molecule has 4 aliphatic rings. The van der Waals surface area contributed by atoms with Crippen molar-refractivity contribution in [3.8, 4) is 0 Å². The Hall–Kier alpha value is -1.70. The van der Waals surface area contributed by atoms with Crippen LogP contribution in [0.1, 0.15) is 75.8 Å². The largest absolute Gasteiger partial charge is 0.444 e. The van der Waals surface area contributed by atoms with Gasteiger partial charge >= 0.3 is 6.09 Å². The number of halogens is 1. The van der Waals surface area contributed by atoms with Crippen LogP contribution in [0.3, 0.4) is 0 Å². The van der Waals surface area contributed by atoms with E-state index in [2.05, 4.69) is 4.90 Å². The van der Waals surface area contributed by atoms with E-state index in [9.17, 15) is 9.18 Å². The molecule has 4 heterocycles. The fourth-order valence-corrected chi connectivity index (χ4v) is 6.24. The second-order valence-corrected chi connectivity index (χ2v) is 11.7. The number of amides is 1. The van der Waals surface area contributed by atoms with Gasteiger partial charge in [-0.1, -0.05) is 6.07 Å². The summed E-state index contributed by atoms with van der Waals surface area (Å²) in [6.45, 7) is 11.2. The molecule has 7 heteroatoms. The SMILES string of the molecule is CC(C)(C)OC(=O)N1CC2(C[C@H](N3CCC(c4cc(F)ccc4C4CCOCC4)CC3)CO2)C1. The number of hydrogen-bond donors (Lipinski definition) is 0. The first-order valence-electron chi connectivity index (χ1n) is 12.9. The van der Waals surface area contributed by atoms with Crippen molar-refractivity contribution >= 4 is 6.09 Å². The van der Waals surface area contributed by atoms with Gasteiger partial charge in [0.1, 0.15) is 17.0 Å². The zero-order valence-electron chi connectivity index (χ0n) is 20.9. The molecule has 6 nitrogen and oxygen atoms in total. The summed E-state index contributed by atoms with van der Waals surface area (Å²) in [6.07, 6.45) is 4.87. The van der Waals surface area contributed by atoms with Crippen LogP contribution in [0.2, 0.25) is 0 Å². The van der Waals surface area contributed by atoms with Crippen molar-refractivity contribution in [3.63, 3.8) is 0 Å². The van der Waals surface area contributed by atoms with Gasteiger partial charge in [-0.2, -0.15) is 0 Å². The van der Waals surface area contributed by atoms with E-state index >= 15 is 0 Å². The second-order valence-electron chi connectivity index (χ2n) is 11.7. The molecule has 0 N–H and O–H groups in total. The third kappa shape index (κ3) is 5.12. The predicted molar refractivity (Wildman–Crippen MR) is 128 cm³/mol. The lowest BCUT2D eigenvalue weighted by atomic mass is 9.80. The van der Waals surface area contributed by atoms with Gasteiger partial charge in [-0.25, -0.2) is 9.18 Å². The molecule has 4 saturated heterocycles. The van der Waals surface area contributed by atoms with E-state index in [0.717, 1.165) is 65.0 Å². The number of carbonyl (C=O) groups excluding carboxylic acids is 1. The Morgan fingerprint density at radius 1 is 1.06 bits per heavy atom. The Morgan fingerprint density at radius 2 is 1.74 bits per heavy atom. The summed E-state index contributed by atoms with van der Waals surface area (Å²) < 4.78 is 31.5. The molecule has 4 aliphatic heterocycles. The Morgan fingerprint density at radius 3 is 2.41 bits per heavy atom. The number of hydrogen-bond acceptors (Lipinski definition) is 5. The Bertz CT molecular complexity index is 881. The molecule has 34 heavy (non-hydrogen) atoms. The Balaban J connectivity index is 1.15. The zero-order chi connectivity index (χ0) is 23.9. The van der Waals surface area contributed by atoms with Crippen LogP contribution in [0.25, 0.3) is 0 Å². The molecule has 0 saturated carbocycles. The third-order valence-electron chi connectivity index (χ3n) is 8.00. The van der Waals surface area contributed by atoms with Gasteiger partial charge in [0.2, 0.25) is 0 Å². The summed E-state index contributed by atoms with van der Waals surface area (Å²) in [6, 6.07) is 5.83. The normalized spacial score (nSPS) is 26.6. The van der Waals surface area contributed by atoms with Crippen molar-refractivity contribution in [3.05, 3.63) is 35.1 Å². The summed E-state index contributed by atoms with van der Waals surface area (Å²) >= 11 is 0. The Kier molecular flexibility index (Phi) is 6.64. The van der Waals surface area contributed by atoms with Gasteiger partial charge in [0.15, 0.2) is 0 Å². The highest BCUT2D eigenvalue weighted by molar-refractivity contribution is 5.69. The zero-order valence-corrected chi connectivity index (χ0v) is 20.9. The lowest BCUT2D eigenvalue weighted by molar-refractivity contribution is -0.109. The van der Waals surface area contributed by atoms with E-state index in [4.69, 9.17) is 14.2 Å². The van der Waals surface area contributed by atoms with Crippen molar-refractivity contribution in [2.24, 2.45) is 0 Å². The maximum Gasteiger partial charge on any atom is 0.410 e. The highest BCUT2D eigenvalue weighted by Gasteiger charge is 2.53. The molecule has 1 atom stereocenters. The standard InChI is InChI=1S/C27H39FN2O4/c1-26(2,3)34-25(31)30-17-27(18-30)15-22(16-33-27)29-10-6-19(7-11-29)24-14-21(28)4-5-23(24)20-8-12-32-13-9-20/h4-5,14,19-20,22H,6-13,15-18H2,1-3H3/t22-/m0/s1. The van der Waals surface area contributed by atoms with Crippen LogP contribution in [0, 0.1) is 5.82 Å². The van der Waals surface area contributed by atoms with Crippen molar-refractivity contribution in [1.29, 1.82) is 0 Å². The van der Waals surface area contributed by atoms with Crippen LogP contribution in [0.4, 0.5) is 9.18 Å². The number of nitrogens with zero attached hydrogens (tertiary/aromatic N) is 2. The average molecular weight is 475 g/mol. The second kappa shape index (κ2) is 9.40. The van der Waals surface area contributed by atoms with Crippen LogP contribution < -0.4 is 0 Å². The first kappa shape index (κ1) is 24.0. The van der Waals surface area contributed by atoms with Gasteiger partial charge in [0, 0.05) is 19.3 Å². The first-order valence-corrected chi connectivity index (χ1v) is 12.9. The van der Waals surface area contributed by atoms with Crippen LogP contribution in [0.15, 0.2) is 18.2 Å². The molecule has 0 aliphatic carbocycles. The van der Waals surface area contributed by atoms with E-state index in [-0.39, 0.29) is 17.5 Å². The molecular weight excluding hydrogens is 435 g/mol. The van der Waals surface area contributed by atoms with Gasteiger partial charge in [-0.05, 0) is 101 Å². The van der Waals surface area contributed by atoms with Crippen molar-refractivity contribution in [2.75, 3.05) is 46.0 Å². The quantitative estimate of drug-likeness (QED) is 0.637. The molecule has 1 amide bonds. The average Bonchev–Trinajstić information content (AvgIpc) is 3.24. The van der Waals surface area contributed by atoms with Crippen molar-refractivity contribution in [1.82, 2.24) is 9.80 Å². The Labute approximate surface area is 202 Å². The molecule has 0 bridgehead atoms. The summed E-state index contributed by atoms with van der Waals surface area (Å²) in [5, 5.41) is 0. The first-order chi connectivity index (χ1) is 16.2. The van der Waals surface area contributed by atoms with Crippen LogP contribution in [-0.2, 0) is 14.2 Å². The fourth-order valence-electron chi connectivity index (χ4n) is 6.24. The molecule has 0 aromatic heterocycles. The minimum Gasteiger partial charge on any atom is -0.444 e. The van der Waals surface area contributed by atoms with Crippen molar-refractivity contribution < 1.29 is 23.4 Å². The van der Waals surface area contributed by atoms with E-state index in [1.807, 2.05) is 26.8 Å². The lowest BCUT2D eigenvalue weighted by Crippen LogP contribution is -2.64. The minimum absolute atomic E-state index is 0.126. The summed E-state index contributed by atoms with van der Waals surface area (Å²) in [5.41, 5.74) is 1.87. The monoisotopic (exact) mass is 474 g/mol. The third-order valence-corrected chi connectivity index (χ3v) is 8.00. The summed E-state index contributed by atoms with van der Waals surface area (Å²) in [5.74, 6) is 0.767. The number of benzene rings is 1. The molecular formula is C27H39FN2O4. The molecule has 1 spiro atoms. The topological polar surface area (TPSA) is 51.2 Å².